The second-order valence-electron chi connectivity index (χ2n) is 2.35. The zero-order valence-corrected chi connectivity index (χ0v) is 8.83. The van der Waals surface area contributed by atoms with Crippen molar-refractivity contribution in [1.29, 1.82) is 0 Å². The molecule has 0 bridgehead atoms. The second-order valence-corrected chi connectivity index (χ2v) is 5.45. The fraction of sp³-hybridized carbons (Fsp3) is 0.857. The third-order valence-corrected chi connectivity index (χ3v) is 4.57. The summed E-state index contributed by atoms with van der Waals surface area (Å²) >= 11 is 0. The van der Waals surface area contributed by atoms with Crippen LogP contribution in [0.1, 0.15) is 12.8 Å². The van der Waals surface area contributed by atoms with Crippen LogP contribution in [0, 0.1) is 0 Å². The van der Waals surface area contributed by atoms with Gasteiger partial charge in [-0.05, 0) is 6.42 Å². The molecular weight excluding hydrogens is 176 g/mol. The van der Waals surface area contributed by atoms with Crippen molar-refractivity contribution in [3.05, 3.63) is 0 Å². The Labute approximate surface area is 74.2 Å². The summed E-state index contributed by atoms with van der Waals surface area (Å²) in [6.07, 6.45) is 2.18. The van der Waals surface area contributed by atoms with E-state index in [4.69, 9.17) is 13.3 Å². The summed E-state index contributed by atoms with van der Waals surface area (Å²) in [4.78, 5) is 10.0. The Morgan fingerprint density at radius 2 is 1.67 bits per heavy atom. The second kappa shape index (κ2) is 6.30. The maximum Gasteiger partial charge on any atom is 0.500 e. The molecule has 0 aliphatic rings. The van der Waals surface area contributed by atoms with Crippen LogP contribution in [-0.2, 0) is 18.1 Å². The molecule has 4 nitrogen and oxygen atoms in total. The standard InChI is InChI=1S/C7H16O4Si/c1-9-12(10-2,11-3)7-5-4-6-8/h6H,4-5,7H2,1-3H3. The summed E-state index contributed by atoms with van der Waals surface area (Å²) in [7, 11) is 2.30. The molecule has 72 valence electrons. The summed E-state index contributed by atoms with van der Waals surface area (Å²) in [5.74, 6) is 0. The van der Waals surface area contributed by atoms with Gasteiger partial charge in [-0.25, -0.2) is 0 Å². The largest absolute Gasteiger partial charge is 0.500 e. The van der Waals surface area contributed by atoms with Crippen molar-refractivity contribution < 1.29 is 18.1 Å². The highest BCUT2D eigenvalue weighted by Crippen LogP contribution is 2.15. The highest BCUT2D eigenvalue weighted by atomic mass is 28.4. The molecule has 0 aromatic heterocycles. The normalized spacial score (nSPS) is 11.6. The van der Waals surface area contributed by atoms with Crippen LogP contribution in [-0.4, -0.2) is 36.4 Å². The summed E-state index contributed by atoms with van der Waals surface area (Å²) in [6.45, 7) is 0. The van der Waals surface area contributed by atoms with Gasteiger partial charge in [-0.2, -0.15) is 0 Å². The Morgan fingerprint density at radius 3 is 2.00 bits per heavy atom. The van der Waals surface area contributed by atoms with Crippen LogP contribution in [0.25, 0.3) is 0 Å². The first kappa shape index (κ1) is 11.8. The lowest BCUT2D eigenvalue weighted by atomic mass is 10.4. The van der Waals surface area contributed by atoms with Gasteiger partial charge in [0.25, 0.3) is 0 Å². The van der Waals surface area contributed by atoms with Gasteiger partial charge in [0.1, 0.15) is 6.29 Å². The fourth-order valence-corrected chi connectivity index (χ4v) is 2.71. The third-order valence-electron chi connectivity index (χ3n) is 1.74. The van der Waals surface area contributed by atoms with Crippen molar-refractivity contribution in [3.8, 4) is 0 Å². The molecule has 0 amide bonds. The van der Waals surface area contributed by atoms with E-state index in [-0.39, 0.29) is 0 Å². The zero-order valence-electron chi connectivity index (χ0n) is 7.83. The molecule has 5 heteroatoms. The highest BCUT2D eigenvalue weighted by molar-refractivity contribution is 6.60. The number of carbonyl (C=O) groups excluding carboxylic acids is 1. The van der Waals surface area contributed by atoms with Crippen LogP contribution in [0.2, 0.25) is 6.04 Å². The molecule has 0 spiro atoms. The van der Waals surface area contributed by atoms with Crippen molar-refractivity contribution in [2.24, 2.45) is 0 Å². The van der Waals surface area contributed by atoms with E-state index >= 15 is 0 Å². The molecule has 0 unspecified atom stereocenters. The number of carbonyl (C=O) groups is 1. The quantitative estimate of drug-likeness (QED) is 0.341. The Kier molecular flexibility index (Phi) is 6.18. The molecule has 0 saturated carbocycles. The summed E-state index contributed by atoms with van der Waals surface area (Å²) in [5.41, 5.74) is 0. The number of hydrogen-bond acceptors (Lipinski definition) is 4. The maximum absolute atomic E-state index is 10.0. The number of unbranched alkanes of at least 4 members (excludes halogenated alkanes) is 1. The average Bonchev–Trinajstić information content (AvgIpc) is 2.14. The van der Waals surface area contributed by atoms with Crippen LogP contribution >= 0.6 is 0 Å². The number of hydrogen-bond donors (Lipinski definition) is 0. The van der Waals surface area contributed by atoms with Crippen molar-refractivity contribution in [2.45, 2.75) is 18.9 Å². The van der Waals surface area contributed by atoms with E-state index in [1.165, 1.54) is 0 Å². The van der Waals surface area contributed by atoms with E-state index in [1.807, 2.05) is 0 Å². The predicted octanol–water partition coefficient (Wildman–Crippen LogP) is 0.844. The molecule has 0 saturated heterocycles. The van der Waals surface area contributed by atoms with E-state index in [2.05, 4.69) is 0 Å². The SMILES string of the molecule is CO[Si](CCCC=O)(OC)OC. The molecule has 0 N–H and O–H groups in total. The van der Waals surface area contributed by atoms with Crippen LogP contribution in [0.4, 0.5) is 0 Å². The van der Waals surface area contributed by atoms with E-state index in [0.717, 1.165) is 12.7 Å². The van der Waals surface area contributed by atoms with Gasteiger partial charge in [-0.3, -0.25) is 0 Å². The van der Waals surface area contributed by atoms with Gasteiger partial charge in [-0.1, -0.05) is 0 Å². The maximum atomic E-state index is 10.0. The lowest BCUT2D eigenvalue weighted by molar-refractivity contribution is -0.107. The Morgan fingerprint density at radius 1 is 1.17 bits per heavy atom. The van der Waals surface area contributed by atoms with Gasteiger partial charge in [0.15, 0.2) is 0 Å². The first-order valence-corrected chi connectivity index (χ1v) is 5.77. The highest BCUT2D eigenvalue weighted by Gasteiger charge is 2.36. The van der Waals surface area contributed by atoms with Crippen LogP contribution < -0.4 is 0 Å². The van der Waals surface area contributed by atoms with Gasteiger partial charge in [-0.15, -0.1) is 0 Å². The van der Waals surface area contributed by atoms with Crippen molar-refractivity contribution in [2.75, 3.05) is 21.3 Å². The first-order chi connectivity index (χ1) is 5.74. The van der Waals surface area contributed by atoms with Crippen LogP contribution in [0.15, 0.2) is 0 Å². The number of aldehydes is 1. The molecule has 0 rings (SSSR count). The predicted molar refractivity (Wildman–Crippen MR) is 46.9 cm³/mol. The van der Waals surface area contributed by atoms with Crippen molar-refractivity contribution in [3.63, 3.8) is 0 Å². The summed E-state index contributed by atoms with van der Waals surface area (Å²) in [6, 6.07) is 0.690. The molecular formula is C7H16O4Si. The average molecular weight is 192 g/mol. The molecule has 0 aromatic rings. The van der Waals surface area contributed by atoms with E-state index in [1.54, 1.807) is 21.3 Å². The monoisotopic (exact) mass is 192 g/mol. The van der Waals surface area contributed by atoms with E-state index in [0.29, 0.717) is 12.5 Å². The van der Waals surface area contributed by atoms with Gasteiger partial charge in [0.2, 0.25) is 0 Å². The van der Waals surface area contributed by atoms with Crippen molar-refractivity contribution in [1.82, 2.24) is 0 Å². The summed E-state index contributed by atoms with van der Waals surface area (Å²) in [5, 5.41) is 0. The molecule has 12 heavy (non-hydrogen) atoms. The molecule has 0 aliphatic carbocycles. The third kappa shape index (κ3) is 3.44. The smallest absolute Gasteiger partial charge is 0.377 e. The zero-order chi connectivity index (χ0) is 9.45. The first-order valence-electron chi connectivity index (χ1n) is 3.83. The molecule has 0 radical (unpaired) electrons. The number of rotatable bonds is 7. The molecule has 0 atom stereocenters. The van der Waals surface area contributed by atoms with E-state index < -0.39 is 8.80 Å². The Bertz CT molecular complexity index is 116. The van der Waals surface area contributed by atoms with Crippen molar-refractivity contribution >= 4 is 15.1 Å². The Balaban J connectivity index is 3.84. The molecule has 0 aliphatic heterocycles. The minimum atomic E-state index is -2.41. The van der Waals surface area contributed by atoms with Gasteiger partial charge in [0, 0.05) is 33.8 Å². The van der Waals surface area contributed by atoms with Gasteiger partial charge < -0.3 is 18.1 Å². The van der Waals surface area contributed by atoms with Gasteiger partial charge >= 0.3 is 8.80 Å². The molecule has 0 aromatic carbocycles. The minimum Gasteiger partial charge on any atom is -0.377 e. The summed E-state index contributed by atoms with van der Waals surface area (Å²) < 4.78 is 15.5. The lowest BCUT2D eigenvalue weighted by Crippen LogP contribution is -2.42. The minimum absolute atomic E-state index is 0.533. The van der Waals surface area contributed by atoms with Gasteiger partial charge in [0.05, 0.1) is 0 Å². The lowest BCUT2D eigenvalue weighted by Gasteiger charge is -2.23. The molecule has 0 heterocycles. The Hall–Kier alpha value is -0.233. The topological polar surface area (TPSA) is 44.8 Å². The fourth-order valence-electron chi connectivity index (χ4n) is 0.958. The van der Waals surface area contributed by atoms with Crippen LogP contribution in [0.5, 0.6) is 0 Å². The van der Waals surface area contributed by atoms with E-state index in [9.17, 15) is 4.79 Å². The molecule has 0 fully saturated rings. The van der Waals surface area contributed by atoms with Crippen LogP contribution in [0.3, 0.4) is 0 Å².